The van der Waals surface area contributed by atoms with E-state index >= 15 is 0 Å². The van der Waals surface area contributed by atoms with Crippen molar-refractivity contribution in [1.82, 2.24) is 20.4 Å². The van der Waals surface area contributed by atoms with Crippen LogP contribution in [0.15, 0.2) is 29.3 Å². The largest absolute Gasteiger partial charge is 0.358 e. The van der Waals surface area contributed by atoms with Gasteiger partial charge >= 0.3 is 0 Å². The summed E-state index contributed by atoms with van der Waals surface area (Å²) in [5.41, 5.74) is 1.04. The summed E-state index contributed by atoms with van der Waals surface area (Å²) in [5, 5.41) is 6.18. The Balaban J connectivity index is 1.90. The monoisotopic (exact) mass is 351 g/mol. The zero-order valence-corrected chi connectivity index (χ0v) is 14.6. The maximum Gasteiger partial charge on any atom is 0.242 e. The average Bonchev–Trinajstić information content (AvgIpc) is 2.59. The van der Waals surface area contributed by atoms with E-state index in [2.05, 4.69) is 15.6 Å². The molecule has 0 bridgehead atoms. The number of halogens is 1. The van der Waals surface area contributed by atoms with Crippen LogP contribution in [0.3, 0.4) is 0 Å². The van der Waals surface area contributed by atoms with Crippen molar-refractivity contribution < 1.29 is 9.59 Å². The summed E-state index contributed by atoms with van der Waals surface area (Å²) in [6.45, 7) is 2.19. The quantitative estimate of drug-likeness (QED) is 0.604. The summed E-state index contributed by atoms with van der Waals surface area (Å²) in [6.07, 6.45) is 0. The Hall–Kier alpha value is -2.28. The zero-order chi connectivity index (χ0) is 17.5. The first-order valence-electron chi connectivity index (χ1n) is 7.72. The smallest absolute Gasteiger partial charge is 0.242 e. The predicted octanol–water partition coefficient (Wildman–Crippen LogP) is 0.306. The summed E-state index contributed by atoms with van der Waals surface area (Å²) in [6, 6.07) is 7.49. The van der Waals surface area contributed by atoms with Crippen LogP contribution in [0, 0.1) is 0 Å². The molecule has 2 amide bonds. The third-order valence-electron chi connectivity index (χ3n) is 3.80. The second-order valence-electron chi connectivity index (χ2n) is 5.44. The van der Waals surface area contributed by atoms with E-state index in [0.29, 0.717) is 30.6 Å². The number of amides is 2. The van der Waals surface area contributed by atoms with Crippen molar-refractivity contribution in [1.29, 1.82) is 0 Å². The molecular formula is C16H22ClN5O2. The molecule has 0 radical (unpaired) electrons. The molecule has 7 nitrogen and oxygen atoms in total. The van der Waals surface area contributed by atoms with Crippen LogP contribution in [0.2, 0.25) is 5.02 Å². The van der Waals surface area contributed by atoms with Gasteiger partial charge in [-0.05, 0) is 17.7 Å². The molecule has 1 saturated heterocycles. The van der Waals surface area contributed by atoms with Gasteiger partial charge in [-0.3, -0.25) is 14.6 Å². The summed E-state index contributed by atoms with van der Waals surface area (Å²) in [4.78, 5) is 31.5. The number of carbonyl (C=O) groups is 2. The van der Waals surface area contributed by atoms with Crippen molar-refractivity contribution in [3.63, 3.8) is 0 Å². The Morgan fingerprint density at radius 3 is 2.58 bits per heavy atom. The summed E-state index contributed by atoms with van der Waals surface area (Å²) >= 11 is 5.88. The molecule has 0 unspecified atom stereocenters. The Morgan fingerprint density at radius 1 is 1.29 bits per heavy atom. The highest BCUT2D eigenvalue weighted by atomic mass is 35.5. The minimum Gasteiger partial charge on any atom is -0.358 e. The van der Waals surface area contributed by atoms with Crippen LogP contribution in [-0.4, -0.2) is 67.8 Å². The van der Waals surface area contributed by atoms with E-state index in [1.54, 1.807) is 14.1 Å². The highest BCUT2D eigenvalue weighted by Gasteiger charge is 2.26. The highest BCUT2D eigenvalue weighted by molar-refractivity contribution is 6.30. The van der Waals surface area contributed by atoms with Gasteiger partial charge in [0.1, 0.15) is 0 Å². The predicted molar refractivity (Wildman–Crippen MR) is 93.9 cm³/mol. The number of nitrogens with zero attached hydrogens (tertiary/aromatic N) is 3. The number of hydrogen-bond donors (Lipinski definition) is 2. The van der Waals surface area contributed by atoms with E-state index in [4.69, 9.17) is 11.6 Å². The fourth-order valence-electron chi connectivity index (χ4n) is 2.45. The molecule has 1 aromatic rings. The number of carbonyl (C=O) groups excluding carboxylic acids is 2. The molecule has 1 aliphatic rings. The van der Waals surface area contributed by atoms with E-state index in [9.17, 15) is 9.59 Å². The van der Waals surface area contributed by atoms with E-state index in [1.165, 1.54) is 0 Å². The van der Waals surface area contributed by atoms with E-state index in [0.717, 1.165) is 5.56 Å². The lowest BCUT2D eigenvalue weighted by Gasteiger charge is -2.36. The number of guanidine groups is 1. The van der Waals surface area contributed by atoms with E-state index < -0.39 is 0 Å². The zero-order valence-electron chi connectivity index (χ0n) is 13.9. The lowest BCUT2D eigenvalue weighted by atomic mass is 10.2. The summed E-state index contributed by atoms with van der Waals surface area (Å²) in [5.74, 6) is 0.445. The first kappa shape index (κ1) is 18.1. The van der Waals surface area contributed by atoms with Gasteiger partial charge in [-0.1, -0.05) is 23.7 Å². The topological polar surface area (TPSA) is 77.0 Å². The van der Waals surface area contributed by atoms with Crippen LogP contribution >= 0.6 is 11.6 Å². The molecule has 24 heavy (non-hydrogen) atoms. The van der Waals surface area contributed by atoms with Crippen LogP contribution < -0.4 is 10.6 Å². The minimum absolute atomic E-state index is 0.0269. The lowest BCUT2D eigenvalue weighted by molar-refractivity contribution is -0.135. The van der Waals surface area contributed by atoms with Crippen LogP contribution in [0.5, 0.6) is 0 Å². The second-order valence-corrected chi connectivity index (χ2v) is 5.87. The average molecular weight is 352 g/mol. The number of aliphatic imine (C=N–C) groups is 1. The third kappa shape index (κ3) is 4.86. The van der Waals surface area contributed by atoms with Gasteiger partial charge in [0.25, 0.3) is 0 Å². The number of benzene rings is 1. The van der Waals surface area contributed by atoms with Crippen molar-refractivity contribution in [2.45, 2.75) is 6.54 Å². The molecule has 1 aliphatic heterocycles. The lowest BCUT2D eigenvalue weighted by Crippen LogP contribution is -2.55. The van der Waals surface area contributed by atoms with Gasteiger partial charge in [0.05, 0.1) is 13.1 Å². The Labute approximate surface area is 146 Å². The van der Waals surface area contributed by atoms with Gasteiger partial charge in [-0.15, -0.1) is 0 Å². The van der Waals surface area contributed by atoms with Crippen molar-refractivity contribution in [2.24, 2.45) is 4.99 Å². The van der Waals surface area contributed by atoms with Crippen LogP contribution in [0.4, 0.5) is 0 Å². The Bertz CT molecular complexity index is 617. The molecule has 8 heteroatoms. The fourth-order valence-corrected chi connectivity index (χ4v) is 2.57. The molecule has 2 N–H and O–H groups in total. The van der Waals surface area contributed by atoms with Crippen LogP contribution in [0.1, 0.15) is 5.56 Å². The van der Waals surface area contributed by atoms with E-state index in [1.807, 2.05) is 34.1 Å². The van der Waals surface area contributed by atoms with Gasteiger partial charge in [-0.2, -0.15) is 0 Å². The highest BCUT2D eigenvalue weighted by Crippen LogP contribution is 2.13. The molecule has 1 heterocycles. The standard InChI is InChI=1S/C16H22ClN5O2/c1-18-14(23)9-20-16(19-2)22-8-7-21(15(24)11-22)10-12-3-5-13(17)6-4-12/h3-6H,7-11H2,1-2H3,(H,18,23)(H,19,20). The molecule has 2 rings (SSSR count). The molecule has 0 aliphatic carbocycles. The number of piperazine rings is 1. The molecular weight excluding hydrogens is 330 g/mol. The third-order valence-corrected chi connectivity index (χ3v) is 4.05. The number of hydrogen-bond acceptors (Lipinski definition) is 3. The van der Waals surface area contributed by atoms with Crippen LogP contribution in [0.25, 0.3) is 0 Å². The fraction of sp³-hybridized carbons (Fsp3) is 0.438. The molecule has 0 saturated carbocycles. The number of rotatable bonds is 4. The Kier molecular flexibility index (Phi) is 6.43. The van der Waals surface area contributed by atoms with Crippen molar-refractivity contribution in [2.75, 3.05) is 40.3 Å². The summed E-state index contributed by atoms with van der Waals surface area (Å²) < 4.78 is 0. The molecule has 130 valence electrons. The molecule has 0 aromatic heterocycles. The molecule has 0 spiro atoms. The van der Waals surface area contributed by atoms with Crippen molar-refractivity contribution >= 4 is 29.4 Å². The first-order valence-corrected chi connectivity index (χ1v) is 8.09. The van der Waals surface area contributed by atoms with Crippen LogP contribution in [-0.2, 0) is 16.1 Å². The van der Waals surface area contributed by atoms with Crippen molar-refractivity contribution in [3.05, 3.63) is 34.9 Å². The van der Waals surface area contributed by atoms with Crippen molar-refractivity contribution in [3.8, 4) is 0 Å². The first-order chi connectivity index (χ1) is 11.5. The maximum absolute atomic E-state index is 12.4. The molecule has 0 atom stereocenters. The second kappa shape index (κ2) is 8.54. The number of likely N-dealkylation sites (N-methyl/N-ethyl adjacent to an activating group) is 1. The normalized spacial score (nSPS) is 15.5. The summed E-state index contributed by atoms with van der Waals surface area (Å²) in [7, 11) is 3.21. The van der Waals surface area contributed by atoms with Gasteiger partial charge in [-0.25, -0.2) is 0 Å². The molecule has 1 aromatic carbocycles. The van der Waals surface area contributed by atoms with Gasteiger partial charge in [0.15, 0.2) is 5.96 Å². The van der Waals surface area contributed by atoms with Gasteiger partial charge in [0.2, 0.25) is 11.8 Å². The number of nitrogens with one attached hydrogen (secondary N) is 2. The molecule has 1 fully saturated rings. The van der Waals surface area contributed by atoms with Gasteiger partial charge < -0.3 is 20.4 Å². The maximum atomic E-state index is 12.4. The Morgan fingerprint density at radius 2 is 2.00 bits per heavy atom. The van der Waals surface area contributed by atoms with Gasteiger partial charge in [0, 0.05) is 38.8 Å². The van der Waals surface area contributed by atoms with E-state index in [-0.39, 0.29) is 24.9 Å². The SMILES string of the molecule is CN=C(NCC(=O)NC)N1CCN(Cc2ccc(Cl)cc2)C(=O)C1. The minimum atomic E-state index is -0.135.